The van der Waals surface area contributed by atoms with Crippen LogP contribution in [-0.4, -0.2) is 32.5 Å². The average Bonchev–Trinajstić information content (AvgIpc) is 3.43. The van der Waals surface area contributed by atoms with Gasteiger partial charge in [-0.15, -0.1) is 0 Å². The van der Waals surface area contributed by atoms with E-state index in [1.165, 1.54) is 0 Å². The van der Waals surface area contributed by atoms with Crippen LogP contribution in [0.2, 0.25) is 0 Å². The maximum Gasteiger partial charge on any atom is 0.118 e. The van der Waals surface area contributed by atoms with E-state index >= 15 is 0 Å². The van der Waals surface area contributed by atoms with E-state index in [0.717, 1.165) is 22.4 Å². The van der Waals surface area contributed by atoms with E-state index in [1.807, 2.05) is 54.6 Å². The third-order valence-corrected chi connectivity index (χ3v) is 4.09. The van der Waals surface area contributed by atoms with Crippen molar-refractivity contribution in [3.05, 3.63) is 77.9 Å². The molecule has 3 rings (SSSR count). The summed E-state index contributed by atoms with van der Waals surface area (Å²) in [6.45, 7) is 6.29. The van der Waals surface area contributed by atoms with Crippen LogP contribution in [0.25, 0.3) is 0 Å². The maximum absolute atomic E-state index is 5.72. The summed E-state index contributed by atoms with van der Waals surface area (Å²) in [7, 11) is 1.66. The second-order valence-corrected chi connectivity index (χ2v) is 6.09. The number of hydrogen-bond donors (Lipinski definition) is 0. The summed E-state index contributed by atoms with van der Waals surface area (Å²) in [4.78, 5) is 0. The Labute approximate surface area is 149 Å². The topological polar surface area (TPSA) is 40.2 Å². The Morgan fingerprint density at radius 3 is 2.36 bits per heavy atom. The molecule has 1 fully saturated rings. The third-order valence-electron chi connectivity index (χ3n) is 4.09. The van der Waals surface area contributed by atoms with Crippen molar-refractivity contribution in [2.24, 2.45) is 0 Å². The maximum atomic E-state index is 5.72. The Hall–Kier alpha value is -2.14. The van der Waals surface area contributed by atoms with E-state index < -0.39 is 0 Å². The molecule has 2 aromatic rings. The lowest BCUT2D eigenvalue weighted by atomic mass is 10.2. The van der Waals surface area contributed by atoms with Crippen molar-refractivity contribution in [1.82, 2.24) is 0 Å². The highest BCUT2D eigenvalue weighted by Gasteiger charge is 2.40. The molecule has 0 saturated carbocycles. The molecule has 0 unspecified atom stereocenters. The van der Waals surface area contributed by atoms with Crippen LogP contribution in [0.3, 0.4) is 0 Å². The molecule has 2 aromatic carbocycles. The van der Waals surface area contributed by atoms with Crippen LogP contribution < -0.4 is 4.74 Å². The summed E-state index contributed by atoms with van der Waals surface area (Å²) in [5.41, 5.74) is 3.24. The first kappa shape index (κ1) is 17.7. The van der Waals surface area contributed by atoms with Gasteiger partial charge in [-0.05, 0) is 28.8 Å². The molecule has 0 spiro atoms. The van der Waals surface area contributed by atoms with Crippen molar-refractivity contribution in [2.45, 2.75) is 25.4 Å². The monoisotopic (exact) mass is 340 g/mol. The zero-order chi connectivity index (χ0) is 17.5. The summed E-state index contributed by atoms with van der Waals surface area (Å²) in [5, 5.41) is 0. The van der Waals surface area contributed by atoms with Gasteiger partial charge in [0.1, 0.15) is 18.0 Å². The Kier molecular flexibility index (Phi) is 6.23. The standard InChI is InChI=1S/C21H24O4/c1-16(12-23-13-17-6-4-3-5-7-17)21-20(25-21)15-24-14-18-8-10-19(22-2)11-9-18/h3-11,20-21H,1,12-15H2,2H3/t20-,21-/m0/s1. The Balaban J connectivity index is 1.30. The van der Waals surface area contributed by atoms with Crippen LogP contribution in [0.15, 0.2) is 66.7 Å². The molecular formula is C21H24O4. The molecule has 25 heavy (non-hydrogen) atoms. The first-order valence-electron chi connectivity index (χ1n) is 8.41. The minimum absolute atomic E-state index is 0.0478. The van der Waals surface area contributed by atoms with Crippen molar-refractivity contribution < 1.29 is 18.9 Å². The average molecular weight is 340 g/mol. The molecular weight excluding hydrogens is 316 g/mol. The molecule has 4 heteroatoms. The van der Waals surface area contributed by atoms with E-state index in [0.29, 0.717) is 26.4 Å². The molecule has 1 heterocycles. The molecule has 0 radical (unpaired) electrons. The number of methoxy groups -OCH3 is 1. The van der Waals surface area contributed by atoms with Gasteiger partial charge >= 0.3 is 0 Å². The summed E-state index contributed by atoms with van der Waals surface area (Å²) in [6.07, 6.45) is 0.137. The third kappa shape index (κ3) is 5.43. The number of rotatable bonds is 10. The second kappa shape index (κ2) is 8.81. The zero-order valence-electron chi connectivity index (χ0n) is 14.5. The smallest absolute Gasteiger partial charge is 0.118 e. The van der Waals surface area contributed by atoms with E-state index in [9.17, 15) is 0 Å². The van der Waals surface area contributed by atoms with Crippen molar-refractivity contribution in [3.63, 3.8) is 0 Å². The first-order chi connectivity index (χ1) is 12.3. The molecule has 2 atom stereocenters. The van der Waals surface area contributed by atoms with Crippen LogP contribution >= 0.6 is 0 Å². The molecule has 132 valence electrons. The van der Waals surface area contributed by atoms with E-state index in [1.54, 1.807) is 7.11 Å². The molecule has 0 aliphatic carbocycles. The van der Waals surface area contributed by atoms with E-state index in [2.05, 4.69) is 6.58 Å². The van der Waals surface area contributed by atoms with Crippen molar-refractivity contribution in [1.29, 1.82) is 0 Å². The number of hydrogen-bond acceptors (Lipinski definition) is 4. The van der Waals surface area contributed by atoms with Crippen LogP contribution in [0.5, 0.6) is 5.75 Å². The fourth-order valence-corrected chi connectivity index (χ4v) is 2.60. The number of benzene rings is 2. The lowest BCUT2D eigenvalue weighted by Crippen LogP contribution is -2.09. The molecule has 4 nitrogen and oxygen atoms in total. The van der Waals surface area contributed by atoms with Crippen molar-refractivity contribution in [2.75, 3.05) is 20.3 Å². The second-order valence-electron chi connectivity index (χ2n) is 6.09. The summed E-state index contributed by atoms with van der Waals surface area (Å²) in [6, 6.07) is 18.0. The molecule has 1 saturated heterocycles. The number of ether oxygens (including phenoxy) is 4. The van der Waals surface area contributed by atoms with Gasteiger partial charge in [-0.2, -0.15) is 0 Å². The molecule has 1 aliphatic heterocycles. The predicted octanol–water partition coefficient (Wildman–Crippen LogP) is 3.75. The fourth-order valence-electron chi connectivity index (χ4n) is 2.60. The van der Waals surface area contributed by atoms with Gasteiger partial charge in [-0.25, -0.2) is 0 Å². The van der Waals surface area contributed by atoms with Crippen LogP contribution in [0.1, 0.15) is 11.1 Å². The Morgan fingerprint density at radius 2 is 1.64 bits per heavy atom. The Bertz CT molecular complexity index is 666. The van der Waals surface area contributed by atoms with E-state index in [-0.39, 0.29) is 12.2 Å². The predicted molar refractivity (Wildman–Crippen MR) is 96.5 cm³/mol. The lowest BCUT2D eigenvalue weighted by Gasteiger charge is -2.06. The first-order valence-corrected chi connectivity index (χ1v) is 8.41. The van der Waals surface area contributed by atoms with Crippen molar-refractivity contribution >= 4 is 0 Å². The lowest BCUT2D eigenvalue weighted by molar-refractivity contribution is 0.104. The summed E-state index contributed by atoms with van der Waals surface area (Å²) < 4.78 is 22.2. The largest absolute Gasteiger partial charge is 0.497 e. The highest BCUT2D eigenvalue weighted by Crippen LogP contribution is 2.29. The van der Waals surface area contributed by atoms with Gasteiger partial charge in [0.2, 0.25) is 0 Å². The highest BCUT2D eigenvalue weighted by molar-refractivity contribution is 5.26. The summed E-state index contributed by atoms with van der Waals surface area (Å²) >= 11 is 0. The fraction of sp³-hybridized carbons (Fsp3) is 0.333. The molecule has 1 aliphatic rings. The van der Waals surface area contributed by atoms with Crippen LogP contribution in [0, 0.1) is 0 Å². The van der Waals surface area contributed by atoms with Gasteiger partial charge in [-0.1, -0.05) is 49.0 Å². The zero-order valence-corrected chi connectivity index (χ0v) is 14.5. The SMILES string of the molecule is C=C(COCc1ccccc1)[C@@H]1O[C@H]1COCc1ccc(OC)cc1. The molecule has 0 aromatic heterocycles. The van der Waals surface area contributed by atoms with Crippen molar-refractivity contribution in [3.8, 4) is 5.75 Å². The molecule has 0 bridgehead atoms. The number of epoxide rings is 1. The summed E-state index contributed by atoms with van der Waals surface area (Å²) in [5.74, 6) is 0.848. The van der Waals surface area contributed by atoms with Gasteiger partial charge in [-0.3, -0.25) is 0 Å². The Morgan fingerprint density at radius 1 is 0.960 bits per heavy atom. The van der Waals surface area contributed by atoms with Gasteiger partial charge in [0, 0.05) is 0 Å². The molecule has 0 N–H and O–H groups in total. The normalized spacial score (nSPS) is 18.8. The quantitative estimate of drug-likeness (QED) is 0.488. The van der Waals surface area contributed by atoms with Gasteiger partial charge in [0.15, 0.2) is 0 Å². The van der Waals surface area contributed by atoms with Crippen LogP contribution in [-0.2, 0) is 27.4 Å². The van der Waals surface area contributed by atoms with E-state index in [4.69, 9.17) is 18.9 Å². The van der Waals surface area contributed by atoms with Crippen LogP contribution in [0.4, 0.5) is 0 Å². The minimum atomic E-state index is 0.0478. The van der Waals surface area contributed by atoms with Gasteiger partial charge < -0.3 is 18.9 Å². The minimum Gasteiger partial charge on any atom is -0.497 e. The molecule has 0 amide bonds. The van der Waals surface area contributed by atoms with Gasteiger partial charge in [0.05, 0.1) is 33.5 Å². The highest BCUT2D eigenvalue weighted by atomic mass is 16.6. The van der Waals surface area contributed by atoms with Gasteiger partial charge in [0.25, 0.3) is 0 Å².